The Morgan fingerprint density at radius 2 is 1.92 bits per heavy atom. The molecule has 2 aliphatic rings. The predicted octanol–water partition coefficient (Wildman–Crippen LogP) is 2.89. The molecule has 0 spiro atoms. The van der Waals surface area contributed by atoms with E-state index in [0.717, 1.165) is 50.3 Å². The maximum atomic E-state index is 13.5. The quantitative estimate of drug-likeness (QED) is 0.452. The molecule has 1 aliphatic carbocycles. The molecule has 8 heteroatoms. The van der Waals surface area contributed by atoms with Crippen LogP contribution in [0.25, 0.3) is 0 Å². The van der Waals surface area contributed by atoms with Crippen molar-refractivity contribution in [3.05, 3.63) is 41.4 Å². The van der Waals surface area contributed by atoms with Crippen LogP contribution in [0.3, 0.4) is 0 Å². The molecule has 2 aromatic heterocycles. The Bertz CT molecular complexity index is 793. The summed E-state index contributed by atoms with van der Waals surface area (Å²) in [5, 5.41) is 0.840. The van der Waals surface area contributed by atoms with Gasteiger partial charge in [-0.25, -0.2) is 15.0 Å². The zero-order chi connectivity index (χ0) is 18.0. The van der Waals surface area contributed by atoms with Crippen molar-refractivity contribution in [2.45, 2.75) is 35.5 Å². The van der Waals surface area contributed by atoms with E-state index in [4.69, 9.17) is 16.3 Å². The number of halogens is 1. The van der Waals surface area contributed by atoms with Crippen LogP contribution >= 0.6 is 11.6 Å². The van der Waals surface area contributed by atoms with Crippen LogP contribution in [-0.4, -0.2) is 41.3 Å². The molecule has 0 N–H and O–H groups in total. The summed E-state index contributed by atoms with van der Waals surface area (Å²) in [5.74, 6) is 0.791. The van der Waals surface area contributed by atoms with Gasteiger partial charge in [0.15, 0.2) is 4.75 Å². The predicted molar refractivity (Wildman–Crippen MR) is 102 cm³/mol. The van der Waals surface area contributed by atoms with Crippen LogP contribution in [0.1, 0.15) is 31.4 Å². The summed E-state index contributed by atoms with van der Waals surface area (Å²) < 4.78 is 18.4. The summed E-state index contributed by atoms with van der Waals surface area (Å²) in [4.78, 5) is 15.4. The first-order valence-corrected chi connectivity index (χ1v) is 10.6. The third kappa shape index (κ3) is 3.35. The maximum absolute atomic E-state index is 13.5. The smallest absolute Gasteiger partial charge is 0.248 e. The Balaban J connectivity index is 1.75. The summed E-state index contributed by atoms with van der Waals surface area (Å²) in [6.07, 6.45) is 5.41. The van der Waals surface area contributed by atoms with E-state index in [1.54, 1.807) is 6.20 Å². The Morgan fingerprint density at radius 1 is 1.15 bits per heavy atom. The fourth-order valence-corrected chi connectivity index (χ4v) is 5.87. The second kappa shape index (κ2) is 7.58. The number of hydrogen-bond donors (Lipinski definition) is 0. The van der Waals surface area contributed by atoms with Gasteiger partial charge >= 0.3 is 0 Å². The normalized spacial score (nSPS) is 20.9. The largest absolute Gasteiger partial charge is 0.378 e. The lowest BCUT2D eigenvalue weighted by molar-refractivity contribution is 0.122. The van der Waals surface area contributed by atoms with Gasteiger partial charge in [-0.05, 0) is 30.5 Å². The molecule has 0 aromatic carbocycles. The van der Waals surface area contributed by atoms with Gasteiger partial charge in [-0.15, -0.1) is 0 Å². The number of ether oxygens (including phenoxy) is 1. The number of thiol groups is 1. The van der Waals surface area contributed by atoms with Crippen molar-refractivity contribution in [2.75, 3.05) is 31.2 Å². The third-order valence-electron chi connectivity index (χ3n) is 5.17. The number of nitrogens with zero attached hydrogens (tertiary/aromatic N) is 4. The van der Waals surface area contributed by atoms with Crippen LogP contribution in [0.15, 0.2) is 35.5 Å². The molecule has 1 aliphatic heterocycles. The number of aromatic nitrogens is 3. The van der Waals surface area contributed by atoms with Crippen LogP contribution in [0.4, 0.5) is 5.82 Å². The van der Waals surface area contributed by atoms with Gasteiger partial charge in [0.25, 0.3) is 0 Å². The fraction of sp³-hybridized carbons (Fsp3) is 0.500. The van der Waals surface area contributed by atoms with Crippen LogP contribution in [0, 0.1) is 0 Å². The van der Waals surface area contributed by atoms with Crippen molar-refractivity contribution in [1.29, 1.82) is 0 Å². The summed E-state index contributed by atoms with van der Waals surface area (Å²) in [6, 6.07) is 7.53. The monoisotopic (exact) mass is 393 g/mol. The molecule has 1 saturated carbocycles. The van der Waals surface area contributed by atoms with Crippen molar-refractivity contribution in [1.82, 2.24) is 15.0 Å². The van der Waals surface area contributed by atoms with Gasteiger partial charge in [0.2, 0.25) is 10.3 Å². The van der Waals surface area contributed by atoms with Crippen molar-refractivity contribution in [2.24, 2.45) is 0 Å². The molecule has 2 aromatic rings. The molecule has 1 atom stereocenters. The second-order valence-corrected chi connectivity index (χ2v) is 8.94. The van der Waals surface area contributed by atoms with Gasteiger partial charge in [0.05, 0.1) is 13.2 Å². The highest BCUT2D eigenvalue weighted by Gasteiger charge is 2.50. The molecule has 0 bridgehead atoms. The minimum Gasteiger partial charge on any atom is -0.378 e. The van der Waals surface area contributed by atoms with Crippen molar-refractivity contribution in [3.63, 3.8) is 0 Å². The molecular weight excluding hydrogens is 372 g/mol. The maximum Gasteiger partial charge on any atom is 0.248 e. The Hall–Kier alpha value is -1.57. The zero-order valence-corrected chi connectivity index (χ0v) is 16.1. The molecule has 138 valence electrons. The van der Waals surface area contributed by atoms with Gasteiger partial charge in [-0.3, -0.25) is 0 Å². The zero-order valence-electron chi connectivity index (χ0n) is 14.5. The summed E-state index contributed by atoms with van der Waals surface area (Å²) >= 11 is 6.27. The summed E-state index contributed by atoms with van der Waals surface area (Å²) in [6.45, 7) is 2.88. The van der Waals surface area contributed by atoms with Gasteiger partial charge in [-0.1, -0.05) is 10.3 Å². The number of rotatable bonds is 4. The minimum atomic E-state index is -1.73. The van der Waals surface area contributed by atoms with Crippen molar-refractivity contribution in [3.8, 4) is 0 Å². The third-order valence-corrected chi connectivity index (χ3v) is 7.48. The molecule has 6 nitrogen and oxygen atoms in total. The summed E-state index contributed by atoms with van der Waals surface area (Å²) in [7, 11) is -1.73. The second-order valence-electron chi connectivity index (χ2n) is 6.70. The minimum absolute atomic E-state index is 0.208. The molecule has 1 unspecified atom stereocenters. The van der Waals surface area contributed by atoms with E-state index >= 15 is 0 Å². The molecule has 2 fully saturated rings. The SMILES string of the molecule is O=[SH+](c1ccccn1)C1(c2cc(N3CCOCC3)nc(Cl)n2)CCCC1. The lowest BCUT2D eigenvalue weighted by Gasteiger charge is -2.29. The first-order chi connectivity index (χ1) is 12.7. The van der Waals surface area contributed by atoms with Gasteiger partial charge in [-0.2, -0.15) is 0 Å². The van der Waals surface area contributed by atoms with Crippen LogP contribution in [0.2, 0.25) is 5.28 Å². The number of hydrogen-bond acceptors (Lipinski definition) is 6. The average molecular weight is 394 g/mol. The lowest BCUT2D eigenvalue weighted by atomic mass is 10.0. The van der Waals surface area contributed by atoms with Crippen LogP contribution < -0.4 is 4.90 Å². The van der Waals surface area contributed by atoms with Crippen LogP contribution in [-0.2, 0) is 24.5 Å². The Kier molecular flexibility index (Phi) is 5.20. The Morgan fingerprint density at radius 3 is 2.62 bits per heavy atom. The van der Waals surface area contributed by atoms with E-state index in [2.05, 4.69) is 19.9 Å². The molecule has 0 radical (unpaired) electrons. The standard InChI is InChI=1S/C18H21ClN4O2S/c19-17-21-14(13-15(22-17)23-9-11-25-12-10-23)18(6-2-3-7-18)26(24)16-5-1-4-8-20-16/h1,4-5,8,13H,2-3,6-7,9-12H2/p+1. The highest BCUT2D eigenvalue weighted by Crippen LogP contribution is 2.46. The number of morpholine rings is 1. The number of pyridine rings is 1. The topological polar surface area (TPSA) is 68.2 Å². The van der Waals surface area contributed by atoms with E-state index in [-0.39, 0.29) is 5.28 Å². The Labute approximate surface area is 160 Å². The van der Waals surface area contributed by atoms with Crippen molar-refractivity contribution < 1.29 is 8.95 Å². The molecule has 3 heterocycles. The number of anilines is 1. The molecule has 26 heavy (non-hydrogen) atoms. The molecule has 1 saturated heterocycles. The fourth-order valence-electron chi connectivity index (χ4n) is 3.81. The van der Waals surface area contributed by atoms with Gasteiger partial charge in [0, 0.05) is 44.3 Å². The summed E-state index contributed by atoms with van der Waals surface area (Å²) in [5.41, 5.74) is 0.781. The van der Waals surface area contributed by atoms with Crippen molar-refractivity contribution >= 4 is 28.2 Å². The first-order valence-electron chi connectivity index (χ1n) is 8.95. The average Bonchev–Trinajstić information content (AvgIpc) is 3.19. The van der Waals surface area contributed by atoms with Gasteiger partial charge < -0.3 is 9.64 Å². The van der Waals surface area contributed by atoms with Crippen LogP contribution in [0.5, 0.6) is 0 Å². The molecular formula is C18H22ClN4O2S+. The molecule has 4 rings (SSSR count). The van der Waals surface area contributed by atoms with Gasteiger partial charge in [0.1, 0.15) is 22.3 Å². The first kappa shape index (κ1) is 17.8. The van der Waals surface area contributed by atoms with E-state index in [1.807, 2.05) is 24.3 Å². The van der Waals surface area contributed by atoms with E-state index in [9.17, 15) is 4.21 Å². The lowest BCUT2D eigenvalue weighted by Crippen LogP contribution is -2.37. The van der Waals surface area contributed by atoms with E-state index in [0.29, 0.717) is 18.2 Å². The van der Waals surface area contributed by atoms with E-state index in [1.165, 1.54) is 0 Å². The highest BCUT2D eigenvalue weighted by molar-refractivity contribution is 7.85. The molecule has 0 amide bonds. The highest BCUT2D eigenvalue weighted by atomic mass is 35.5. The van der Waals surface area contributed by atoms with E-state index < -0.39 is 15.5 Å².